The molecule has 0 aliphatic carbocycles. The molecule has 1 aliphatic heterocycles. The van der Waals surface area contributed by atoms with Gasteiger partial charge in [-0.1, -0.05) is 38.5 Å². The molecule has 1 fully saturated rings. The fourth-order valence-electron chi connectivity index (χ4n) is 4.14. The maximum atomic E-state index is 12.3. The van der Waals surface area contributed by atoms with Gasteiger partial charge < -0.3 is 19.1 Å². The van der Waals surface area contributed by atoms with Gasteiger partial charge >= 0.3 is 5.97 Å². The molecule has 0 N–H and O–H groups in total. The van der Waals surface area contributed by atoms with Crippen LogP contribution in [0.2, 0.25) is 0 Å². The van der Waals surface area contributed by atoms with Gasteiger partial charge in [-0.2, -0.15) is 0 Å². The maximum Gasteiger partial charge on any atom is 0.333 e. The Morgan fingerprint density at radius 1 is 1.06 bits per heavy atom. The molecule has 0 radical (unpaired) electrons. The van der Waals surface area contributed by atoms with Crippen molar-refractivity contribution in [3.63, 3.8) is 0 Å². The first-order chi connectivity index (χ1) is 16.5. The molecule has 1 saturated heterocycles. The third-order valence-corrected chi connectivity index (χ3v) is 6.09. The van der Waals surface area contributed by atoms with Gasteiger partial charge in [0.1, 0.15) is 12.4 Å². The van der Waals surface area contributed by atoms with Gasteiger partial charge in [-0.15, -0.1) is 0 Å². The minimum atomic E-state index is -0.270. The molecule has 1 unspecified atom stereocenters. The first kappa shape index (κ1) is 25.8. The van der Waals surface area contributed by atoms with E-state index in [1.54, 1.807) is 0 Å². The molecule has 0 amide bonds. The average Bonchev–Trinajstić information content (AvgIpc) is 3.27. The number of esters is 1. The Morgan fingerprint density at radius 2 is 1.82 bits per heavy atom. The molecule has 5 nitrogen and oxygen atoms in total. The van der Waals surface area contributed by atoms with Crippen LogP contribution in [-0.2, 0) is 14.3 Å². The second kappa shape index (κ2) is 13.2. The summed E-state index contributed by atoms with van der Waals surface area (Å²) in [6, 6.07) is 14.6. The van der Waals surface area contributed by atoms with E-state index < -0.39 is 0 Å². The summed E-state index contributed by atoms with van der Waals surface area (Å²) < 4.78 is 16.6. The summed E-state index contributed by atoms with van der Waals surface area (Å²) >= 11 is 0. The fraction of sp³-hybridized carbons (Fsp3) is 0.483. The van der Waals surface area contributed by atoms with E-state index in [0.717, 1.165) is 55.0 Å². The quantitative estimate of drug-likeness (QED) is 0.207. The van der Waals surface area contributed by atoms with E-state index >= 15 is 0 Å². The van der Waals surface area contributed by atoms with Gasteiger partial charge in [0, 0.05) is 31.0 Å². The largest absolute Gasteiger partial charge is 0.491 e. The molecule has 34 heavy (non-hydrogen) atoms. The van der Waals surface area contributed by atoms with Crippen molar-refractivity contribution in [3.8, 4) is 16.9 Å². The molecule has 0 bridgehead atoms. The Hall–Kier alpha value is -2.79. The highest BCUT2D eigenvalue weighted by atomic mass is 16.5. The SMILES string of the molecule is CCCCOCCOc1ccc(-c2ccc(N3CCC(C)C3)c(/C=C(\C)C(=O)OCC)c2)cc1. The number of hydrogen-bond donors (Lipinski definition) is 0. The maximum absolute atomic E-state index is 12.3. The van der Waals surface area contributed by atoms with E-state index in [0.29, 0.717) is 31.3 Å². The topological polar surface area (TPSA) is 48.0 Å². The van der Waals surface area contributed by atoms with Crippen LogP contribution in [0, 0.1) is 5.92 Å². The minimum Gasteiger partial charge on any atom is -0.491 e. The standard InChI is InChI=1S/C29H39NO4/c1-5-7-16-32-17-18-34-27-11-8-24(9-12-27)25-10-13-28(30-15-14-22(3)21-30)26(20-25)19-23(4)29(31)33-6-2/h8-13,19-20,22H,5-7,14-18,21H2,1-4H3/b23-19+. The van der Waals surface area contributed by atoms with Gasteiger partial charge in [0.15, 0.2) is 0 Å². The second-order valence-corrected chi connectivity index (χ2v) is 9.00. The first-order valence-electron chi connectivity index (χ1n) is 12.6. The zero-order valence-corrected chi connectivity index (χ0v) is 21.1. The summed E-state index contributed by atoms with van der Waals surface area (Å²) in [7, 11) is 0. The smallest absolute Gasteiger partial charge is 0.333 e. The molecular formula is C29H39NO4. The van der Waals surface area contributed by atoms with Crippen LogP contribution < -0.4 is 9.64 Å². The minimum absolute atomic E-state index is 0.270. The zero-order valence-electron chi connectivity index (χ0n) is 21.1. The number of carbonyl (C=O) groups is 1. The van der Waals surface area contributed by atoms with Crippen molar-refractivity contribution >= 4 is 17.7 Å². The third kappa shape index (κ3) is 7.36. The van der Waals surface area contributed by atoms with E-state index in [9.17, 15) is 4.79 Å². The molecule has 2 aromatic carbocycles. The molecule has 1 aliphatic rings. The van der Waals surface area contributed by atoms with Gasteiger partial charge in [0.2, 0.25) is 0 Å². The van der Waals surface area contributed by atoms with E-state index in [1.165, 1.54) is 12.1 Å². The molecule has 5 heteroatoms. The lowest BCUT2D eigenvalue weighted by Crippen LogP contribution is -2.20. The number of ether oxygens (including phenoxy) is 3. The van der Waals surface area contributed by atoms with Crippen LogP contribution in [-0.4, -0.2) is 45.5 Å². The Kier molecular flexibility index (Phi) is 10.0. The Labute approximate surface area is 204 Å². The molecule has 0 saturated carbocycles. The second-order valence-electron chi connectivity index (χ2n) is 9.00. The van der Waals surface area contributed by atoms with Crippen molar-refractivity contribution in [2.24, 2.45) is 5.92 Å². The van der Waals surface area contributed by atoms with Crippen LogP contribution in [0.15, 0.2) is 48.0 Å². The fourth-order valence-corrected chi connectivity index (χ4v) is 4.14. The van der Waals surface area contributed by atoms with Crippen molar-refractivity contribution in [2.75, 3.05) is 44.4 Å². The molecule has 1 heterocycles. The van der Waals surface area contributed by atoms with Crippen LogP contribution in [0.1, 0.15) is 52.5 Å². The van der Waals surface area contributed by atoms with Gasteiger partial charge in [-0.3, -0.25) is 0 Å². The van der Waals surface area contributed by atoms with E-state index in [2.05, 4.69) is 49.1 Å². The normalized spacial score (nSPS) is 16.1. The molecule has 2 aromatic rings. The van der Waals surface area contributed by atoms with Crippen LogP contribution in [0.5, 0.6) is 5.75 Å². The summed E-state index contributed by atoms with van der Waals surface area (Å²) in [6.45, 7) is 12.5. The lowest BCUT2D eigenvalue weighted by atomic mass is 9.99. The number of hydrogen-bond acceptors (Lipinski definition) is 5. The summed E-state index contributed by atoms with van der Waals surface area (Å²) in [5, 5.41) is 0. The highest BCUT2D eigenvalue weighted by molar-refractivity contribution is 5.94. The summed E-state index contributed by atoms with van der Waals surface area (Å²) in [6.07, 6.45) is 5.36. The predicted octanol–water partition coefficient (Wildman–Crippen LogP) is 6.36. The predicted molar refractivity (Wildman–Crippen MR) is 139 cm³/mol. The highest BCUT2D eigenvalue weighted by Crippen LogP contribution is 2.33. The van der Waals surface area contributed by atoms with E-state index in [-0.39, 0.29) is 5.97 Å². The van der Waals surface area contributed by atoms with Crippen LogP contribution in [0.4, 0.5) is 5.69 Å². The molecule has 184 valence electrons. The molecule has 1 atom stereocenters. The zero-order chi connectivity index (χ0) is 24.3. The van der Waals surface area contributed by atoms with Crippen molar-refractivity contribution in [1.29, 1.82) is 0 Å². The van der Waals surface area contributed by atoms with Gasteiger partial charge in [-0.25, -0.2) is 4.79 Å². The van der Waals surface area contributed by atoms with E-state index in [1.807, 2.05) is 32.1 Å². The monoisotopic (exact) mass is 465 g/mol. The molecule has 3 rings (SSSR count). The number of anilines is 1. The lowest BCUT2D eigenvalue weighted by molar-refractivity contribution is -0.138. The van der Waals surface area contributed by atoms with Crippen molar-refractivity contribution in [3.05, 3.63) is 53.6 Å². The van der Waals surface area contributed by atoms with Crippen molar-refractivity contribution < 1.29 is 19.0 Å². The number of nitrogens with zero attached hydrogens (tertiary/aromatic N) is 1. The number of rotatable bonds is 12. The first-order valence-corrected chi connectivity index (χ1v) is 12.6. The van der Waals surface area contributed by atoms with Crippen LogP contribution in [0.25, 0.3) is 17.2 Å². The van der Waals surface area contributed by atoms with Crippen LogP contribution >= 0.6 is 0 Å². The molecule has 0 spiro atoms. The summed E-state index contributed by atoms with van der Waals surface area (Å²) in [4.78, 5) is 14.7. The Morgan fingerprint density at radius 3 is 2.50 bits per heavy atom. The highest BCUT2D eigenvalue weighted by Gasteiger charge is 2.21. The number of carbonyl (C=O) groups excluding carboxylic acids is 1. The molecular weight excluding hydrogens is 426 g/mol. The van der Waals surface area contributed by atoms with E-state index in [4.69, 9.17) is 14.2 Å². The lowest BCUT2D eigenvalue weighted by Gasteiger charge is -2.22. The van der Waals surface area contributed by atoms with Crippen LogP contribution in [0.3, 0.4) is 0 Å². The summed E-state index contributed by atoms with van der Waals surface area (Å²) in [5.41, 5.74) is 5.03. The van der Waals surface area contributed by atoms with Gasteiger partial charge in [0.05, 0.1) is 13.2 Å². The Bertz CT molecular complexity index is 951. The number of unbranched alkanes of at least 4 members (excludes halogenated alkanes) is 1. The Balaban J connectivity index is 1.76. The van der Waals surface area contributed by atoms with Gasteiger partial charge in [-0.05, 0) is 79.6 Å². The van der Waals surface area contributed by atoms with Crippen molar-refractivity contribution in [2.45, 2.75) is 47.0 Å². The van der Waals surface area contributed by atoms with Crippen molar-refractivity contribution in [1.82, 2.24) is 0 Å². The summed E-state index contributed by atoms with van der Waals surface area (Å²) in [5.74, 6) is 1.24. The molecule has 0 aromatic heterocycles. The van der Waals surface area contributed by atoms with Gasteiger partial charge in [0.25, 0.3) is 0 Å². The third-order valence-electron chi connectivity index (χ3n) is 6.09. The number of benzene rings is 2. The average molecular weight is 466 g/mol.